The summed E-state index contributed by atoms with van der Waals surface area (Å²) in [4.78, 5) is 17.3. The van der Waals surface area contributed by atoms with E-state index in [2.05, 4.69) is 71.6 Å². The number of carbonyl (C=O) groups is 1. The zero-order valence-corrected chi connectivity index (χ0v) is 17.1. The Hall–Kier alpha value is -3.33. The van der Waals surface area contributed by atoms with Gasteiger partial charge in [-0.15, -0.1) is 0 Å². The Balaban J connectivity index is 1.25. The molecular weight excluding hydrogens is 368 g/mol. The van der Waals surface area contributed by atoms with Gasteiger partial charge in [-0.2, -0.15) is 0 Å². The predicted molar refractivity (Wildman–Crippen MR) is 123 cm³/mol. The van der Waals surface area contributed by atoms with Gasteiger partial charge in [0.15, 0.2) is 0 Å². The molecule has 0 aromatic heterocycles. The average Bonchev–Trinajstić information content (AvgIpc) is 2.84. The molecule has 0 fully saturated rings. The second kappa shape index (κ2) is 8.19. The summed E-state index contributed by atoms with van der Waals surface area (Å²) in [7, 11) is 0. The third-order valence-corrected chi connectivity index (χ3v) is 6.25. The van der Waals surface area contributed by atoms with Gasteiger partial charge in [0.2, 0.25) is 0 Å². The number of nitrogens with zero attached hydrogens (tertiary/aromatic N) is 2. The maximum Gasteiger partial charge on any atom is 0.254 e. The molecule has 0 spiro atoms. The van der Waals surface area contributed by atoms with Crippen LogP contribution in [-0.4, -0.2) is 30.4 Å². The van der Waals surface area contributed by atoms with Crippen molar-refractivity contribution in [1.29, 1.82) is 0 Å². The maximum atomic E-state index is 13.0. The lowest BCUT2D eigenvalue weighted by Gasteiger charge is -2.31. The van der Waals surface area contributed by atoms with Gasteiger partial charge in [-0.1, -0.05) is 60.7 Å². The maximum absolute atomic E-state index is 13.0. The zero-order valence-electron chi connectivity index (χ0n) is 17.1. The number of hydrogen-bond donors (Lipinski definition) is 0. The monoisotopic (exact) mass is 394 g/mol. The first-order valence-corrected chi connectivity index (χ1v) is 10.7. The summed E-state index contributed by atoms with van der Waals surface area (Å²) >= 11 is 0. The lowest BCUT2D eigenvalue weighted by molar-refractivity contribution is 0.0773. The van der Waals surface area contributed by atoms with Gasteiger partial charge in [-0.3, -0.25) is 4.79 Å². The van der Waals surface area contributed by atoms with E-state index < -0.39 is 0 Å². The molecule has 0 aliphatic carbocycles. The van der Waals surface area contributed by atoms with Crippen LogP contribution in [0.1, 0.15) is 33.5 Å². The van der Waals surface area contributed by atoms with Crippen molar-refractivity contribution in [2.75, 3.05) is 24.5 Å². The number of amides is 1. The fourth-order valence-corrected chi connectivity index (χ4v) is 4.48. The Labute approximate surface area is 178 Å². The van der Waals surface area contributed by atoms with Crippen LogP contribution in [0.15, 0.2) is 84.9 Å². The third-order valence-electron chi connectivity index (χ3n) is 6.25. The Morgan fingerprint density at radius 3 is 2.20 bits per heavy atom. The van der Waals surface area contributed by atoms with E-state index in [9.17, 15) is 4.79 Å². The van der Waals surface area contributed by atoms with Crippen LogP contribution in [0.2, 0.25) is 0 Å². The molecule has 0 saturated carbocycles. The van der Waals surface area contributed by atoms with Gasteiger partial charge in [0.05, 0.1) is 0 Å². The molecule has 2 aliphatic rings. The highest BCUT2D eigenvalue weighted by Gasteiger charge is 2.20. The number of anilines is 1. The Morgan fingerprint density at radius 1 is 0.733 bits per heavy atom. The second-order valence-corrected chi connectivity index (χ2v) is 8.08. The first-order chi connectivity index (χ1) is 14.8. The van der Waals surface area contributed by atoms with E-state index in [1.165, 1.54) is 28.0 Å². The van der Waals surface area contributed by atoms with Gasteiger partial charge in [0.1, 0.15) is 0 Å². The van der Waals surface area contributed by atoms with Crippen molar-refractivity contribution in [3.05, 3.63) is 107 Å². The topological polar surface area (TPSA) is 23.6 Å². The minimum atomic E-state index is 0.119. The van der Waals surface area contributed by atoms with E-state index >= 15 is 0 Å². The van der Waals surface area contributed by atoms with Gasteiger partial charge >= 0.3 is 0 Å². The standard InChI is InChI=1S/C27H26N2O/c30-27(28-17-14-23(15-18-28)21-6-2-1-3-7-21)24-10-12-26(13-11-24)29-19-16-22-8-4-5-9-25(22)20-29/h1-14H,15-20H2. The van der Waals surface area contributed by atoms with Crippen molar-refractivity contribution < 1.29 is 4.79 Å². The van der Waals surface area contributed by atoms with Crippen LogP contribution in [-0.2, 0) is 13.0 Å². The van der Waals surface area contributed by atoms with Crippen LogP contribution in [0.5, 0.6) is 0 Å². The summed E-state index contributed by atoms with van der Waals surface area (Å²) in [6.45, 7) is 3.39. The first kappa shape index (κ1) is 18.7. The van der Waals surface area contributed by atoms with E-state index in [1.807, 2.05) is 23.1 Å². The molecule has 3 aromatic rings. The Kier molecular flexibility index (Phi) is 5.10. The van der Waals surface area contributed by atoms with E-state index in [1.54, 1.807) is 0 Å². The fraction of sp³-hybridized carbons (Fsp3) is 0.222. The second-order valence-electron chi connectivity index (χ2n) is 8.08. The SMILES string of the molecule is O=C(c1ccc(N2CCc3ccccc3C2)cc1)N1CC=C(c2ccccc2)CC1. The van der Waals surface area contributed by atoms with E-state index in [0.29, 0.717) is 6.54 Å². The predicted octanol–water partition coefficient (Wildman–Crippen LogP) is 5.18. The fourth-order valence-electron chi connectivity index (χ4n) is 4.48. The van der Waals surface area contributed by atoms with Gasteiger partial charge in [-0.05, 0) is 59.4 Å². The minimum absolute atomic E-state index is 0.119. The van der Waals surface area contributed by atoms with Crippen LogP contribution in [0.4, 0.5) is 5.69 Å². The molecule has 1 amide bonds. The van der Waals surface area contributed by atoms with Crippen molar-refractivity contribution in [3.8, 4) is 0 Å². The molecule has 30 heavy (non-hydrogen) atoms. The number of hydrogen-bond acceptors (Lipinski definition) is 2. The molecule has 2 heterocycles. The van der Waals surface area contributed by atoms with Gasteiger partial charge in [-0.25, -0.2) is 0 Å². The van der Waals surface area contributed by atoms with Gasteiger partial charge in [0, 0.05) is 37.4 Å². The van der Waals surface area contributed by atoms with Crippen LogP contribution < -0.4 is 4.90 Å². The van der Waals surface area contributed by atoms with Crippen molar-refractivity contribution >= 4 is 17.2 Å². The van der Waals surface area contributed by atoms with E-state index in [0.717, 1.165) is 38.0 Å². The summed E-state index contributed by atoms with van der Waals surface area (Å²) in [5.74, 6) is 0.119. The average molecular weight is 395 g/mol. The molecule has 2 aliphatic heterocycles. The first-order valence-electron chi connectivity index (χ1n) is 10.7. The largest absolute Gasteiger partial charge is 0.367 e. The molecule has 5 rings (SSSR count). The summed E-state index contributed by atoms with van der Waals surface area (Å²) in [6.07, 6.45) is 4.16. The van der Waals surface area contributed by atoms with Crippen molar-refractivity contribution in [2.45, 2.75) is 19.4 Å². The molecule has 0 saturated heterocycles. The molecule has 0 bridgehead atoms. The van der Waals surface area contributed by atoms with Crippen LogP contribution in [0.3, 0.4) is 0 Å². The lowest BCUT2D eigenvalue weighted by Crippen LogP contribution is -2.34. The van der Waals surface area contributed by atoms with Crippen molar-refractivity contribution in [1.82, 2.24) is 4.90 Å². The van der Waals surface area contributed by atoms with Crippen LogP contribution in [0, 0.1) is 0 Å². The quantitative estimate of drug-likeness (QED) is 0.611. The van der Waals surface area contributed by atoms with E-state index in [4.69, 9.17) is 0 Å². The number of rotatable bonds is 3. The molecule has 150 valence electrons. The molecule has 0 radical (unpaired) electrons. The smallest absolute Gasteiger partial charge is 0.254 e. The number of benzene rings is 3. The summed E-state index contributed by atoms with van der Waals surface area (Å²) in [5.41, 5.74) is 7.41. The lowest BCUT2D eigenvalue weighted by atomic mass is 9.98. The Bertz CT molecular complexity index is 1070. The van der Waals surface area contributed by atoms with Crippen LogP contribution in [0.25, 0.3) is 5.57 Å². The highest BCUT2D eigenvalue weighted by atomic mass is 16.2. The minimum Gasteiger partial charge on any atom is -0.367 e. The molecule has 0 N–H and O–H groups in total. The summed E-state index contributed by atoms with van der Waals surface area (Å²) in [6, 6.07) is 27.3. The molecule has 3 aromatic carbocycles. The van der Waals surface area contributed by atoms with Gasteiger partial charge < -0.3 is 9.80 Å². The zero-order chi connectivity index (χ0) is 20.3. The summed E-state index contributed by atoms with van der Waals surface area (Å²) in [5, 5.41) is 0. The van der Waals surface area contributed by atoms with Crippen LogP contribution >= 0.6 is 0 Å². The third kappa shape index (κ3) is 3.76. The van der Waals surface area contributed by atoms with Crippen molar-refractivity contribution in [3.63, 3.8) is 0 Å². The molecule has 0 atom stereocenters. The Morgan fingerprint density at radius 2 is 1.47 bits per heavy atom. The van der Waals surface area contributed by atoms with Gasteiger partial charge in [0.25, 0.3) is 5.91 Å². The van der Waals surface area contributed by atoms with E-state index in [-0.39, 0.29) is 5.91 Å². The molecule has 3 nitrogen and oxygen atoms in total. The highest BCUT2D eigenvalue weighted by molar-refractivity contribution is 5.95. The molecule has 0 unspecified atom stereocenters. The normalized spacial score (nSPS) is 16.1. The number of fused-ring (bicyclic) bond motifs is 1. The summed E-state index contributed by atoms with van der Waals surface area (Å²) < 4.78 is 0. The number of carbonyl (C=O) groups excluding carboxylic acids is 1. The highest BCUT2D eigenvalue weighted by Crippen LogP contribution is 2.26. The molecular formula is C27H26N2O. The molecule has 3 heteroatoms. The van der Waals surface area contributed by atoms with Crippen molar-refractivity contribution in [2.24, 2.45) is 0 Å².